The summed E-state index contributed by atoms with van der Waals surface area (Å²) in [5.74, 6) is -0.187. The number of hydrogen-bond acceptors (Lipinski definition) is 8. The molecule has 1 heterocycles. The standard InChI is InChI=1S/C80H143NO8/c1-3-5-7-9-11-13-15-17-19-21-23-25-27-29-31-33-34-35-36-37-38-39-40-42-44-46-48-50-52-54-56-58-60-62-64-66-68-70-76(84)81-73(72-88-80-79(87)78(86)77(85)75(71-82)89-80)74(83)69-67-65-63-61-59-57-55-53-51-49-47-45-43-41-32-30-28-26-24-22-20-18-16-14-12-10-8-6-4-2/h5,7,11,13,17,19,23,25,29,31,51,53,59,61,67,69,73-75,77-80,82-83,85-87H,3-4,6,8-10,12,14-16,18,20-22,24,26-28,30,32-50,52,54-58,60,62-66,68,70-72H2,1-2H3,(H,81,84)/b7-5-,13-11-,19-17-,25-23-,31-29-,53-51+,61-59+,69-67+. The summed E-state index contributed by atoms with van der Waals surface area (Å²) in [6.07, 6.45) is 92.6. The lowest BCUT2D eigenvalue weighted by Crippen LogP contribution is -2.60. The number of amides is 1. The van der Waals surface area contributed by atoms with E-state index in [1.54, 1.807) is 6.08 Å². The molecule has 1 rings (SSSR count). The van der Waals surface area contributed by atoms with Crippen LogP contribution in [0.25, 0.3) is 0 Å². The van der Waals surface area contributed by atoms with Crippen molar-refractivity contribution in [1.29, 1.82) is 0 Å². The van der Waals surface area contributed by atoms with Crippen molar-refractivity contribution in [3.8, 4) is 0 Å². The van der Waals surface area contributed by atoms with Crippen molar-refractivity contribution in [3.63, 3.8) is 0 Å². The van der Waals surface area contributed by atoms with Crippen LogP contribution in [0.15, 0.2) is 97.2 Å². The van der Waals surface area contributed by atoms with Gasteiger partial charge < -0.3 is 40.3 Å². The highest BCUT2D eigenvalue weighted by Crippen LogP contribution is 2.23. The second-order valence-electron chi connectivity index (χ2n) is 26.0. The van der Waals surface area contributed by atoms with E-state index in [1.165, 1.54) is 250 Å². The van der Waals surface area contributed by atoms with Crippen LogP contribution in [0, 0.1) is 0 Å². The van der Waals surface area contributed by atoms with E-state index in [2.05, 4.69) is 104 Å². The SMILES string of the molecule is CC/C=C\C/C=C\C/C=C\C/C=C\C/C=C\CCCCCCCCCCCCCCCCCCCCCCCC(=O)NC(COC1OC(CO)C(O)C(O)C1O)C(O)/C=C/CC/C=C/CC/C=C/CCCCCCCCCCCCCCCCCCCCC. The molecule has 9 heteroatoms. The smallest absolute Gasteiger partial charge is 0.220 e. The minimum absolute atomic E-state index is 0.187. The minimum Gasteiger partial charge on any atom is -0.394 e. The molecule has 0 aromatic heterocycles. The number of carbonyl (C=O) groups excluding carboxylic acids is 1. The number of nitrogens with one attached hydrogen (secondary N) is 1. The highest BCUT2D eigenvalue weighted by Gasteiger charge is 2.44. The Hall–Kier alpha value is -2.89. The Balaban J connectivity index is 2.11. The molecule has 0 aromatic rings. The molecule has 89 heavy (non-hydrogen) atoms. The van der Waals surface area contributed by atoms with Gasteiger partial charge in [0.1, 0.15) is 24.4 Å². The number of carbonyl (C=O) groups is 1. The fourth-order valence-electron chi connectivity index (χ4n) is 11.7. The van der Waals surface area contributed by atoms with Crippen molar-refractivity contribution in [2.75, 3.05) is 13.2 Å². The third-order valence-electron chi connectivity index (χ3n) is 17.6. The van der Waals surface area contributed by atoms with E-state index in [9.17, 15) is 30.3 Å². The van der Waals surface area contributed by atoms with Crippen LogP contribution in [0.5, 0.6) is 0 Å². The Kier molecular flexibility index (Phi) is 64.3. The molecule has 0 saturated carbocycles. The van der Waals surface area contributed by atoms with E-state index >= 15 is 0 Å². The summed E-state index contributed by atoms with van der Waals surface area (Å²) in [7, 11) is 0. The van der Waals surface area contributed by atoms with Gasteiger partial charge in [-0.2, -0.15) is 0 Å². The number of unbranched alkanes of at least 4 members (excludes halogenated alkanes) is 42. The van der Waals surface area contributed by atoms with Gasteiger partial charge in [0.15, 0.2) is 6.29 Å². The topological polar surface area (TPSA) is 149 Å². The highest BCUT2D eigenvalue weighted by atomic mass is 16.7. The van der Waals surface area contributed by atoms with Crippen molar-refractivity contribution in [1.82, 2.24) is 5.32 Å². The molecule has 1 aliphatic heterocycles. The van der Waals surface area contributed by atoms with Crippen LogP contribution < -0.4 is 5.32 Å². The Morgan fingerprint density at radius 2 is 0.708 bits per heavy atom. The molecule has 0 bridgehead atoms. The molecule has 1 fully saturated rings. The first kappa shape index (κ1) is 84.1. The summed E-state index contributed by atoms with van der Waals surface area (Å²) in [6, 6.07) is -0.833. The minimum atomic E-state index is -1.58. The quantitative estimate of drug-likeness (QED) is 0.0261. The normalized spacial score (nSPS) is 18.4. The maximum atomic E-state index is 13.2. The largest absolute Gasteiger partial charge is 0.394 e. The first-order chi connectivity index (χ1) is 43.8. The lowest BCUT2D eigenvalue weighted by atomic mass is 9.99. The zero-order valence-electron chi connectivity index (χ0n) is 57.9. The van der Waals surface area contributed by atoms with Gasteiger partial charge in [-0.05, 0) is 89.9 Å². The fraction of sp³-hybridized carbons (Fsp3) is 0.787. The molecule has 6 N–H and O–H groups in total. The van der Waals surface area contributed by atoms with Crippen LogP contribution in [0.1, 0.15) is 348 Å². The summed E-state index contributed by atoms with van der Waals surface area (Å²) < 4.78 is 11.3. The zero-order chi connectivity index (χ0) is 64.2. The average Bonchev–Trinajstić information content (AvgIpc) is 2.28. The number of aliphatic hydroxyl groups excluding tert-OH is 5. The maximum absolute atomic E-state index is 13.2. The maximum Gasteiger partial charge on any atom is 0.220 e. The average molecular weight is 1250 g/mol. The van der Waals surface area contributed by atoms with Crippen LogP contribution >= 0.6 is 0 Å². The number of ether oxygens (including phenoxy) is 2. The molecule has 0 aliphatic carbocycles. The van der Waals surface area contributed by atoms with Gasteiger partial charge in [-0.25, -0.2) is 0 Å². The van der Waals surface area contributed by atoms with E-state index in [4.69, 9.17) is 9.47 Å². The van der Waals surface area contributed by atoms with Gasteiger partial charge in [-0.15, -0.1) is 0 Å². The van der Waals surface area contributed by atoms with E-state index in [0.29, 0.717) is 6.42 Å². The lowest BCUT2D eigenvalue weighted by Gasteiger charge is -2.40. The molecule has 0 radical (unpaired) electrons. The molecule has 516 valence electrons. The summed E-state index contributed by atoms with van der Waals surface area (Å²) >= 11 is 0. The Bertz CT molecular complexity index is 1730. The van der Waals surface area contributed by atoms with E-state index < -0.39 is 49.5 Å². The second-order valence-corrected chi connectivity index (χ2v) is 26.0. The van der Waals surface area contributed by atoms with Gasteiger partial charge in [-0.3, -0.25) is 4.79 Å². The fourth-order valence-corrected chi connectivity index (χ4v) is 11.7. The predicted molar refractivity (Wildman–Crippen MR) is 382 cm³/mol. The Morgan fingerprint density at radius 1 is 0.393 bits per heavy atom. The summed E-state index contributed by atoms with van der Waals surface area (Å²) in [5.41, 5.74) is 0. The monoisotopic (exact) mass is 1250 g/mol. The Labute approximate surface area is 549 Å². The van der Waals surface area contributed by atoms with Crippen molar-refractivity contribution in [2.24, 2.45) is 0 Å². The van der Waals surface area contributed by atoms with Crippen molar-refractivity contribution >= 4 is 5.91 Å². The molecule has 1 aliphatic rings. The van der Waals surface area contributed by atoms with Crippen LogP contribution in [0.2, 0.25) is 0 Å². The number of hydrogen-bond donors (Lipinski definition) is 6. The second kappa shape index (κ2) is 68.0. The van der Waals surface area contributed by atoms with Crippen molar-refractivity contribution < 1.29 is 39.8 Å². The van der Waals surface area contributed by atoms with Crippen LogP contribution in [-0.2, 0) is 14.3 Å². The highest BCUT2D eigenvalue weighted by molar-refractivity contribution is 5.76. The number of rotatable bonds is 66. The van der Waals surface area contributed by atoms with E-state index in [0.717, 1.165) is 77.0 Å². The molecule has 7 unspecified atom stereocenters. The van der Waals surface area contributed by atoms with Gasteiger partial charge in [0.2, 0.25) is 5.91 Å². The number of aliphatic hydroxyl groups is 5. The lowest BCUT2D eigenvalue weighted by molar-refractivity contribution is -0.302. The van der Waals surface area contributed by atoms with Crippen LogP contribution in [0.3, 0.4) is 0 Å². The van der Waals surface area contributed by atoms with Gasteiger partial charge >= 0.3 is 0 Å². The Morgan fingerprint density at radius 3 is 1.08 bits per heavy atom. The van der Waals surface area contributed by atoms with Crippen molar-refractivity contribution in [3.05, 3.63) is 97.2 Å². The van der Waals surface area contributed by atoms with E-state index in [1.807, 2.05) is 6.08 Å². The molecule has 9 nitrogen and oxygen atoms in total. The molecule has 1 amide bonds. The molecular weight excluding hydrogens is 1100 g/mol. The molecular formula is C80H143NO8. The summed E-state index contributed by atoms with van der Waals surface area (Å²) in [4.78, 5) is 13.2. The number of allylic oxidation sites excluding steroid dienone is 15. The summed E-state index contributed by atoms with van der Waals surface area (Å²) in [6.45, 7) is 3.68. The van der Waals surface area contributed by atoms with Crippen LogP contribution in [0.4, 0.5) is 0 Å². The zero-order valence-corrected chi connectivity index (χ0v) is 57.9. The van der Waals surface area contributed by atoms with Gasteiger partial charge in [0, 0.05) is 6.42 Å². The first-order valence-corrected chi connectivity index (χ1v) is 38.0. The third-order valence-corrected chi connectivity index (χ3v) is 17.6. The first-order valence-electron chi connectivity index (χ1n) is 38.0. The third kappa shape index (κ3) is 56.4. The van der Waals surface area contributed by atoms with Crippen molar-refractivity contribution in [2.45, 2.75) is 391 Å². The summed E-state index contributed by atoms with van der Waals surface area (Å²) in [5, 5.41) is 54.8. The van der Waals surface area contributed by atoms with Crippen LogP contribution in [-0.4, -0.2) is 87.5 Å². The molecule has 7 atom stereocenters. The molecule has 0 spiro atoms. The van der Waals surface area contributed by atoms with Gasteiger partial charge in [-0.1, -0.05) is 349 Å². The predicted octanol–water partition coefficient (Wildman–Crippen LogP) is 21.4. The van der Waals surface area contributed by atoms with Gasteiger partial charge in [0.05, 0.1) is 25.4 Å². The van der Waals surface area contributed by atoms with Gasteiger partial charge in [0.25, 0.3) is 0 Å². The molecule has 0 aromatic carbocycles. The molecule has 1 saturated heterocycles. The van der Waals surface area contributed by atoms with E-state index in [-0.39, 0.29) is 12.5 Å².